The molecule has 1 aromatic rings. The van der Waals surface area contributed by atoms with E-state index in [1.807, 2.05) is 0 Å². The largest absolute Gasteiger partial charge is 0.339 e. The lowest BCUT2D eigenvalue weighted by molar-refractivity contribution is -0.123. The van der Waals surface area contributed by atoms with Gasteiger partial charge in [0.15, 0.2) is 0 Å². The summed E-state index contributed by atoms with van der Waals surface area (Å²) in [5.74, 6) is 4.81. The Hall–Kier alpha value is -1.11. The van der Waals surface area contributed by atoms with E-state index in [0.717, 1.165) is 12.8 Å². The number of halogens is 1. The molecule has 1 rings (SSSR count). The van der Waals surface area contributed by atoms with Gasteiger partial charge in [-0.3, -0.25) is 15.0 Å². The monoisotopic (exact) mass is 317 g/mol. The topological polar surface area (TPSA) is 84.2 Å². The lowest BCUT2D eigenvalue weighted by Crippen LogP contribution is -2.49. The molecule has 0 spiro atoms. The molecule has 1 heterocycles. The van der Waals surface area contributed by atoms with Gasteiger partial charge >= 0.3 is 0 Å². The molecule has 0 bridgehead atoms. The summed E-state index contributed by atoms with van der Waals surface area (Å²) in [7, 11) is 0. The van der Waals surface area contributed by atoms with Gasteiger partial charge in [-0.05, 0) is 24.5 Å². The van der Waals surface area contributed by atoms with Crippen LogP contribution in [0.3, 0.4) is 0 Å². The number of carbonyl (C=O) groups is 2. The van der Waals surface area contributed by atoms with Crippen molar-refractivity contribution in [2.24, 2.45) is 11.8 Å². The molecule has 0 saturated carbocycles. The lowest BCUT2D eigenvalue weighted by Gasteiger charge is -2.20. The quantitative estimate of drug-likeness (QED) is 0.410. The highest BCUT2D eigenvalue weighted by Crippen LogP contribution is 2.21. The van der Waals surface area contributed by atoms with Crippen molar-refractivity contribution in [2.45, 2.75) is 39.2 Å². The second kappa shape index (κ2) is 8.24. The van der Waals surface area contributed by atoms with E-state index in [1.165, 1.54) is 11.3 Å². The van der Waals surface area contributed by atoms with Gasteiger partial charge in [-0.2, -0.15) is 0 Å². The predicted molar refractivity (Wildman–Crippen MR) is 81.6 cm³/mol. The molecule has 1 aromatic heterocycles. The second-order valence-electron chi connectivity index (χ2n) is 4.77. The van der Waals surface area contributed by atoms with Gasteiger partial charge in [0.25, 0.3) is 11.8 Å². The summed E-state index contributed by atoms with van der Waals surface area (Å²) in [6.45, 7) is 4.13. The van der Waals surface area contributed by atoms with E-state index in [9.17, 15) is 9.59 Å². The molecule has 2 amide bonds. The van der Waals surface area contributed by atoms with Gasteiger partial charge in [-0.1, -0.05) is 38.3 Å². The summed E-state index contributed by atoms with van der Waals surface area (Å²) in [6, 6.07) is 2.66. The first-order valence-corrected chi connectivity index (χ1v) is 7.74. The highest BCUT2D eigenvalue weighted by molar-refractivity contribution is 7.18. The van der Waals surface area contributed by atoms with E-state index in [-0.39, 0.29) is 11.8 Å². The van der Waals surface area contributed by atoms with E-state index in [2.05, 4.69) is 24.6 Å². The minimum absolute atomic E-state index is 0.306. The maximum atomic E-state index is 12.0. The molecule has 2 atom stereocenters. The minimum atomic E-state index is -0.630. The number of hydrogen-bond acceptors (Lipinski definition) is 4. The van der Waals surface area contributed by atoms with Crippen molar-refractivity contribution in [2.75, 3.05) is 0 Å². The van der Waals surface area contributed by atoms with Crippen LogP contribution in [-0.2, 0) is 4.79 Å². The zero-order chi connectivity index (χ0) is 15.1. The summed E-state index contributed by atoms with van der Waals surface area (Å²) in [6.07, 6.45) is 2.59. The van der Waals surface area contributed by atoms with Crippen molar-refractivity contribution in [1.29, 1.82) is 0 Å². The molecule has 2 unspecified atom stereocenters. The Balaban J connectivity index is 2.69. The van der Waals surface area contributed by atoms with Gasteiger partial charge in [0.05, 0.1) is 9.21 Å². The lowest BCUT2D eigenvalue weighted by atomic mass is 9.97. The standard InChI is InChI=1S/C13H20ClN3O2S/c1-3-4-8(2)7-9(12(18)17-15)16-13(19)10-5-6-11(14)20-10/h5-6,8-9H,3-4,7,15H2,1-2H3,(H,16,19)(H,17,18). The summed E-state index contributed by atoms with van der Waals surface area (Å²) in [5, 5.41) is 2.71. The van der Waals surface area contributed by atoms with Crippen LogP contribution >= 0.6 is 22.9 Å². The fraction of sp³-hybridized carbons (Fsp3) is 0.538. The molecule has 4 N–H and O–H groups in total. The van der Waals surface area contributed by atoms with Crippen molar-refractivity contribution in [3.8, 4) is 0 Å². The zero-order valence-corrected chi connectivity index (χ0v) is 13.2. The number of rotatable bonds is 7. The summed E-state index contributed by atoms with van der Waals surface area (Å²) in [5.41, 5.74) is 2.10. The third-order valence-corrected chi connectivity index (χ3v) is 4.21. The third-order valence-electron chi connectivity index (χ3n) is 2.98. The zero-order valence-electron chi connectivity index (χ0n) is 11.6. The molecule has 0 fully saturated rings. The minimum Gasteiger partial charge on any atom is -0.339 e. The number of hydrazine groups is 1. The molecular weight excluding hydrogens is 298 g/mol. The van der Waals surface area contributed by atoms with Gasteiger partial charge in [0, 0.05) is 0 Å². The van der Waals surface area contributed by atoms with Crippen LogP contribution in [0.4, 0.5) is 0 Å². The highest BCUT2D eigenvalue weighted by atomic mass is 35.5. The maximum Gasteiger partial charge on any atom is 0.262 e. The molecule has 5 nitrogen and oxygen atoms in total. The number of carbonyl (C=O) groups excluding carboxylic acids is 2. The van der Waals surface area contributed by atoms with Crippen molar-refractivity contribution in [3.63, 3.8) is 0 Å². The maximum absolute atomic E-state index is 12.0. The van der Waals surface area contributed by atoms with E-state index >= 15 is 0 Å². The van der Waals surface area contributed by atoms with Gasteiger partial charge in [0.1, 0.15) is 6.04 Å². The van der Waals surface area contributed by atoms with Crippen LogP contribution in [0.5, 0.6) is 0 Å². The van der Waals surface area contributed by atoms with E-state index in [0.29, 0.717) is 21.6 Å². The van der Waals surface area contributed by atoms with E-state index in [1.54, 1.807) is 12.1 Å². The number of amides is 2. The number of thiophene rings is 1. The van der Waals surface area contributed by atoms with Gasteiger partial charge in [-0.25, -0.2) is 5.84 Å². The number of nitrogens with one attached hydrogen (secondary N) is 2. The highest BCUT2D eigenvalue weighted by Gasteiger charge is 2.23. The first-order chi connectivity index (χ1) is 9.47. The fourth-order valence-corrected chi connectivity index (χ4v) is 2.96. The molecule has 0 aliphatic rings. The summed E-state index contributed by atoms with van der Waals surface area (Å²) in [4.78, 5) is 24.3. The molecule has 0 aliphatic carbocycles. The Morgan fingerprint density at radius 2 is 2.15 bits per heavy atom. The van der Waals surface area contributed by atoms with Gasteiger partial charge < -0.3 is 5.32 Å². The van der Waals surface area contributed by atoms with Crippen LogP contribution < -0.4 is 16.6 Å². The molecule has 0 aromatic carbocycles. The van der Waals surface area contributed by atoms with Crippen molar-refractivity contribution < 1.29 is 9.59 Å². The Morgan fingerprint density at radius 3 is 2.65 bits per heavy atom. The van der Waals surface area contributed by atoms with Crippen LogP contribution in [-0.4, -0.2) is 17.9 Å². The Morgan fingerprint density at radius 1 is 1.45 bits per heavy atom. The average molecular weight is 318 g/mol. The van der Waals surface area contributed by atoms with Crippen LogP contribution in [0.2, 0.25) is 4.34 Å². The van der Waals surface area contributed by atoms with Crippen LogP contribution in [0.15, 0.2) is 12.1 Å². The van der Waals surface area contributed by atoms with E-state index < -0.39 is 6.04 Å². The van der Waals surface area contributed by atoms with Gasteiger partial charge in [-0.15, -0.1) is 11.3 Å². The smallest absolute Gasteiger partial charge is 0.262 e. The Labute approximate surface area is 127 Å². The van der Waals surface area contributed by atoms with Crippen molar-refractivity contribution >= 4 is 34.8 Å². The summed E-state index contributed by atoms with van der Waals surface area (Å²) < 4.78 is 0.536. The Kier molecular flexibility index (Phi) is 6.98. The summed E-state index contributed by atoms with van der Waals surface area (Å²) >= 11 is 6.97. The first-order valence-electron chi connectivity index (χ1n) is 6.54. The molecule has 0 radical (unpaired) electrons. The third kappa shape index (κ3) is 5.11. The number of hydrogen-bond donors (Lipinski definition) is 3. The van der Waals surface area contributed by atoms with Crippen LogP contribution in [0, 0.1) is 5.92 Å². The predicted octanol–water partition coefficient (Wildman–Crippen LogP) is 2.32. The fourth-order valence-electron chi connectivity index (χ4n) is 2.01. The molecule has 20 heavy (non-hydrogen) atoms. The van der Waals surface area contributed by atoms with Crippen molar-refractivity contribution in [3.05, 3.63) is 21.3 Å². The molecule has 0 saturated heterocycles. The normalized spacial score (nSPS) is 13.6. The SMILES string of the molecule is CCCC(C)CC(NC(=O)c1ccc(Cl)s1)C(=O)NN. The molecular formula is C13H20ClN3O2S. The number of nitrogens with two attached hydrogens (primary N) is 1. The van der Waals surface area contributed by atoms with E-state index in [4.69, 9.17) is 17.4 Å². The average Bonchev–Trinajstić information content (AvgIpc) is 2.84. The Bertz CT molecular complexity index is 464. The van der Waals surface area contributed by atoms with Crippen LogP contribution in [0.25, 0.3) is 0 Å². The second-order valence-corrected chi connectivity index (χ2v) is 6.48. The molecule has 7 heteroatoms. The van der Waals surface area contributed by atoms with Crippen molar-refractivity contribution in [1.82, 2.24) is 10.7 Å². The first kappa shape index (κ1) is 16.9. The van der Waals surface area contributed by atoms with Crippen LogP contribution in [0.1, 0.15) is 42.8 Å². The molecule has 112 valence electrons. The van der Waals surface area contributed by atoms with Gasteiger partial charge in [0.2, 0.25) is 0 Å². The molecule has 0 aliphatic heterocycles.